The van der Waals surface area contributed by atoms with Crippen LogP contribution in [0.4, 0.5) is 0 Å². The minimum Gasteiger partial charge on any atom is -0.493 e. The Morgan fingerprint density at radius 2 is 1.73 bits per heavy atom. The van der Waals surface area contributed by atoms with Gasteiger partial charge in [-0.2, -0.15) is 0 Å². The lowest BCUT2D eigenvalue weighted by Gasteiger charge is -2.22. The number of methoxy groups -OCH3 is 1. The van der Waals surface area contributed by atoms with Crippen molar-refractivity contribution < 1.29 is 28.6 Å². The molecular weight excluding hydrogens is 388 g/mol. The molecule has 0 heterocycles. The van der Waals surface area contributed by atoms with Gasteiger partial charge in [0, 0.05) is 19.5 Å². The van der Waals surface area contributed by atoms with Crippen molar-refractivity contribution in [2.45, 2.75) is 19.9 Å². The van der Waals surface area contributed by atoms with Crippen LogP contribution in [0, 0.1) is 6.92 Å². The second kappa shape index (κ2) is 11.5. The highest BCUT2D eigenvalue weighted by Crippen LogP contribution is 2.27. The topological polar surface area (TPSA) is 108 Å². The summed E-state index contributed by atoms with van der Waals surface area (Å²) < 4.78 is 15.7. The Balaban J connectivity index is 1.88. The molecule has 0 bridgehead atoms. The summed E-state index contributed by atoms with van der Waals surface area (Å²) in [4.78, 5) is 37.1. The first-order valence-electron chi connectivity index (χ1n) is 9.42. The van der Waals surface area contributed by atoms with Crippen molar-refractivity contribution in [2.24, 2.45) is 5.73 Å². The number of esters is 1. The van der Waals surface area contributed by atoms with E-state index in [9.17, 15) is 14.4 Å². The number of primary amides is 1. The fourth-order valence-corrected chi connectivity index (χ4v) is 2.65. The second-order valence-corrected chi connectivity index (χ2v) is 6.62. The van der Waals surface area contributed by atoms with Crippen molar-refractivity contribution in [3.05, 3.63) is 59.7 Å². The molecule has 8 nitrogen and oxygen atoms in total. The minimum atomic E-state index is -0.694. The average molecular weight is 414 g/mol. The van der Waals surface area contributed by atoms with Gasteiger partial charge in [0.25, 0.3) is 5.91 Å². The summed E-state index contributed by atoms with van der Waals surface area (Å²) in [6.07, 6.45) is 0.0167. The lowest BCUT2D eigenvalue weighted by molar-refractivity contribution is -0.154. The van der Waals surface area contributed by atoms with Crippen molar-refractivity contribution in [2.75, 3.05) is 26.9 Å². The van der Waals surface area contributed by atoms with E-state index in [1.807, 2.05) is 43.3 Å². The van der Waals surface area contributed by atoms with Crippen molar-refractivity contribution in [3.63, 3.8) is 0 Å². The first-order valence-corrected chi connectivity index (χ1v) is 9.42. The van der Waals surface area contributed by atoms with Gasteiger partial charge >= 0.3 is 5.97 Å². The number of carbonyl (C=O) groups is 3. The highest BCUT2D eigenvalue weighted by Gasteiger charge is 2.17. The SMILES string of the molecule is COc1cc(C)ccc1OCC(=O)OCC(=O)N(CCC(N)=O)Cc1ccccc1. The molecule has 2 amide bonds. The molecule has 0 spiro atoms. The van der Waals surface area contributed by atoms with Crippen LogP contribution in [0.25, 0.3) is 0 Å². The third-order valence-corrected chi connectivity index (χ3v) is 4.22. The zero-order chi connectivity index (χ0) is 21.9. The molecule has 2 N–H and O–H groups in total. The van der Waals surface area contributed by atoms with Gasteiger partial charge in [0.05, 0.1) is 7.11 Å². The van der Waals surface area contributed by atoms with Gasteiger partial charge in [-0.05, 0) is 30.2 Å². The van der Waals surface area contributed by atoms with Gasteiger partial charge in [-0.1, -0.05) is 36.4 Å². The van der Waals surface area contributed by atoms with Crippen LogP contribution < -0.4 is 15.2 Å². The van der Waals surface area contributed by atoms with Gasteiger partial charge in [-0.15, -0.1) is 0 Å². The summed E-state index contributed by atoms with van der Waals surface area (Å²) in [6, 6.07) is 14.6. The Labute approximate surface area is 175 Å². The molecule has 0 radical (unpaired) electrons. The van der Waals surface area contributed by atoms with Crippen molar-refractivity contribution in [1.82, 2.24) is 4.90 Å². The summed E-state index contributed by atoms with van der Waals surface area (Å²) in [5.41, 5.74) is 7.07. The first-order chi connectivity index (χ1) is 14.4. The highest BCUT2D eigenvalue weighted by atomic mass is 16.6. The van der Waals surface area contributed by atoms with E-state index in [0.29, 0.717) is 11.5 Å². The molecular formula is C22H26N2O6. The Hall–Kier alpha value is -3.55. The van der Waals surface area contributed by atoms with Crippen molar-refractivity contribution >= 4 is 17.8 Å². The molecule has 0 aliphatic carbocycles. The van der Waals surface area contributed by atoms with Crippen LogP contribution in [0.1, 0.15) is 17.5 Å². The van der Waals surface area contributed by atoms with Crippen LogP contribution in [0.2, 0.25) is 0 Å². The number of hydrogen-bond acceptors (Lipinski definition) is 6. The number of nitrogens with zero attached hydrogens (tertiary/aromatic N) is 1. The molecule has 0 saturated heterocycles. The highest BCUT2D eigenvalue weighted by molar-refractivity contribution is 5.82. The van der Waals surface area contributed by atoms with E-state index in [1.165, 1.54) is 12.0 Å². The molecule has 0 aliphatic rings. The van der Waals surface area contributed by atoms with Gasteiger partial charge in [-0.25, -0.2) is 4.79 Å². The van der Waals surface area contributed by atoms with Crippen LogP contribution in [-0.2, 0) is 25.7 Å². The molecule has 30 heavy (non-hydrogen) atoms. The average Bonchev–Trinajstić information content (AvgIpc) is 2.74. The van der Waals surface area contributed by atoms with Gasteiger partial charge < -0.3 is 24.8 Å². The van der Waals surface area contributed by atoms with Crippen LogP contribution in [0.3, 0.4) is 0 Å². The fourth-order valence-electron chi connectivity index (χ4n) is 2.65. The van der Waals surface area contributed by atoms with E-state index in [0.717, 1.165) is 11.1 Å². The molecule has 0 aliphatic heterocycles. The molecule has 0 aromatic heterocycles. The maximum Gasteiger partial charge on any atom is 0.344 e. The van der Waals surface area contributed by atoms with Gasteiger partial charge in [-0.3, -0.25) is 9.59 Å². The number of benzene rings is 2. The molecule has 0 unspecified atom stereocenters. The number of carbonyl (C=O) groups excluding carboxylic acids is 3. The van der Waals surface area contributed by atoms with E-state index in [-0.39, 0.29) is 26.1 Å². The number of nitrogens with two attached hydrogens (primary N) is 1. The Morgan fingerprint density at radius 3 is 2.40 bits per heavy atom. The Kier molecular flexibility index (Phi) is 8.68. The van der Waals surface area contributed by atoms with E-state index in [4.69, 9.17) is 19.9 Å². The quantitative estimate of drug-likeness (QED) is 0.562. The lowest BCUT2D eigenvalue weighted by atomic mass is 10.2. The van der Waals surface area contributed by atoms with Crippen LogP contribution in [-0.4, -0.2) is 49.6 Å². The third kappa shape index (κ3) is 7.46. The number of amides is 2. The van der Waals surface area contributed by atoms with E-state index in [1.54, 1.807) is 12.1 Å². The third-order valence-electron chi connectivity index (χ3n) is 4.22. The number of aryl methyl sites for hydroxylation is 1. The lowest BCUT2D eigenvalue weighted by Crippen LogP contribution is -2.37. The summed E-state index contributed by atoms with van der Waals surface area (Å²) in [6.45, 7) is 1.50. The van der Waals surface area contributed by atoms with E-state index in [2.05, 4.69) is 0 Å². The van der Waals surface area contributed by atoms with Crippen LogP contribution >= 0.6 is 0 Å². The van der Waals surface area contributed by atoms with Crippen LogP contribution in [0.15, 0.2) is 48.5 Å². The van der Waals surface area contributed by atoms with Gasteiger partial charge in [0.1, 0.15) is 0 Å². The number of ether oxygens (including phenoxy) is 3. The maximum atomic E-state index is 12.5. The number of hydrogen-bond donors (Lipinski definition) is 1. The predicted octanol–water partition coefficient (Wildman–Crippen LogP) is 1.83. The minimum absolute atomic E-state index is 0.0167. The fraction of sp³-hybridized carbons (Fsp3) is 0.318. The summed E-state index contributed by atoms with van der Waals surface area (Å²) in [7, 11) is 1.51. The van der Waals surface area contributed by atoms with Crippen molar-refractivity contribution in [3.8, 4) is 11.5 Å². The van der Waals surface area contributed by atoms with Gasteiger partial charge in [0.2, 0.25) is 5.91 Å². The molecule has 2 aromatic carbocycles. The van der Waals surface area contributed by atoms with Crippen molar-refractivity contribution in [1.29, 1.82) is 0 Å². The molecule has 2 aromatic rings. The molecule has 0 fully saturated rings. The second-order valence-electron chi connectivity index (χ2n) is 6.62. The van der Waals surface area contributed by atoms with E-state index < -0.39 is 24.4 Å². The molecule has 160 valence electrons. The Bertz CT molecular complexity index is 869. The largest absolute Gasteiger partial charge is 0.493 e. The number of rotatable bonds is 11. The summed E-state index contributed by atoms with van der Waals surface area (Å²) in [5.74, 6) is -0.738. The zero-order valence-electron chi connectivity index (χ0n) is 17.1. The van der Waals surface area contributed by atoms with Gasteiger partial charge in [0.15, 0.2) is 24.7 Å². The molecule has 0 atom stereocenters. The summed E-state index contributed by atoms with van der Waals surface area (Å²) in [5, 5.41) is 0. The molecule has 0 saturated carbocycles. The maximum absolute atomic E-state index is 12.5. The predicted molar refractivity (Wildman–Crippen MR) is 110 cm³/mol. The normalized spacial score (nSPS) is 10.2. The van der Waals surface area contributed by atoms with E-state index >= 15 is 0 Å². The summed E-state index contributed by atoms with van der Waals surface area (Å²) >= 11 is 0. The Morgan fingerprint density at radius 1 is 1.00 bits per heavy atom. The van der Waals surface area contributed by atoms with Crippen LogP contribution in [0.5, 0.6) is 11.5 Å². The zero-order valence-corrected chi connectivity index (χ0v) is 17.1. The molecule has 8 heteroatoms. The smallest absolute Gasteiger partial charge is 0.344 e. The first kappa shape index (κ1) is 22.7. The molecule has 2 rings (SSSR count). The standard InChI is InChI=1S/C22H26N2O6/c1-16-8-9-18(19(12-16)28-2)29-15-22(27)30-14-21(26)24(11-10-20(23)25)13-17-6-4-3-5-7-17/h3-9,12H,10-11,13-15H2,1-2H3,(H2,23,25). The monoisotopic (exact) mass is 414 g/mol.